The first-order valence-electron chi connectivity index (χ1n) is 8.58. The van der Waals surface area contributed by atoms with E-state index in [0.717, 1.165) is 37.1 Å². The molecule has 0 aromatic carbocycles. The number of carbonyl (C=O) groups excluding carboxylic acids is 1. The van der Waals surface area contributed by atoms with E-state index >= 15 is 0 Å². The fourth-order valence-corrected chi connectivity index (χ4v) is 4.60. The molecule has 2 atom stereocenters. The molecular formula is C17H25N3O3S. The van der Waals surface area contributed by atoms with Crippen molar-refractivity contribution < 1.29 is 13.2 Å². The Bertz CT molecular complexity index is 729. The second-order valence-electron chi connectivity index (χ2n) is 7.00. The number of sulfone groups is 1. The van der Waals surface area contributed by atoms with Gasteiger partial charge in [0.15, 0.2) is 0 Å². The zero-order valence-electron chi connectivity index (χ0n) is 14.0. The minimum absolute atomic E-state index is 0.0905. The number of pyridine rings is 1. The summed E-state index contributed by atoms with van der Waals surface area (Å²) in [6.45, 7) is 0.361. The maximum atomic E-state index is 12.7. The molecule has 7 heteroatoms. The van der Waals surface area contributed by atoms with Crippen molar-refractivity contribution in [3.63, 3.8) is 0 Å². The number of nitrogens with zero attached hydrogens (tertiary/aromatic N) is 1. The minimum atomic E-state index is -3.06. The van der Waals surface area contributed by atoms with Gasteiger partial charge in [-0.3, -0.25) is 9.78 Å². The first kappa shape index (κ1) is 17.4. The predicted molar refractivity (Wildman–Crippen MR) is 92.5 cm³/mol. The van der Waals surface area contributed by atoms with E-state index in [1.54, 1.807) is 12.1 Å². The Kier molecular flexibility index (Phi) is 4.92. The van der Waals surface area contributed by atoms with Gasteiger partial charge in [0.05, 0.1) is 22.2 Å². The molecule has 3 N–H and O–H groups in total. The minimum Gasteiger partial charge on any atom is -0.349 e. The molecule has 0 bridgehead atoms. The number of nitrogens with one attached hydrogen (secondary N) is 1. The number of rotatable bonds is 5. The van der Waals surface area contributed by atoms with E-state index in [-0.39, 0.29) is 17.2 Å². The van der Waals surface area contributed by atoms with Crippen LogP contribution in [0.4, 0.5) is 0 Å². The SMILES string of the molecule is CS(=O)(=O)[C@H]1CCC[C@@H](NC(=O)c2ccc(CN)nc2C2CC2)C1. The van der Waals surface area contributed by atoms with Gasteiger partial charge in [0.2, 0.25) is 0 Å². The normalized spacial score (nSPS) is 24.6. The van der Waals surface area contributed by atoms with E-state index in [1.807, 2.05) is 0 Å². The fourth-order valence-electron chi connectivity index (χ4n) is 3.42. The van der Waals surface area contributed by atoms with Gasteiger partial charge >= 0.3 is 0 Å². The second kappa shape index (κ2) is 6.80. The summed E-state index contributed by atoms with van der Waals surface area (Å²) in [5, 5.41) is 2.67. The standard InChI is InChI=1S/C17H25N3O3S/c1-24(22,23)14-4-2-3-12(9-14)20-17(21)15-8-7-13(10-18)19-16(15)11-5-6-11/h7-8,11-12,14H,2-6,9-10,18H2,1H3,(H,20,21)/t12-,14+/m1/s1. The van der Waals surface area contributed by atoms with E-state index in [9.17, 15) is 13.2 Å². The highest BCUT2D eigenvalue weighted by Crippen LogP contribution is 2.40. The van der Waals surface area contributed by atoms with Gasteiger partial charge in [-0.2, -0.15) is 0 Å². The molecule has 0 saturated heterocycles. The van der Waals surface area contributed by atoms with Gasteiger partial charge < -0.3 is 11.1 Å². The smallest absolute Gasteiger partial charge is 0.253 e. The van der Waals surface area contributed by atoms with Gasteiger partial charge in [0.1, 0.15) is 9.84 Å². The van der Waals surface area contributed by atoms with Crippen molar-refractivity contribution in [2.75, 3.05) is 6.26 Å². The van der Waals surface area contributed by atoms with Crippen LogP contribution in [0, 0.1) is 0 Å². The molecule has 2 fully saturated rings. The average molecular weight is 351 g/mol. The number of nitrogens with two attached hydrogens (primary N) is 1. The Labute approximate surface area is 143 Å². The van der Waals surface area contributed by atoms with Gasteiger partial charge in [0.25, 0.3) is 5.91 Å². The maximum Gasteiger partial charge on any atom is 0.253 e. The molecule has 2 aliphatic rings. The molecular weight excluding hydrogens is 326 g/mol. The van der Waals surface area contributed by atoms with E-state index < -0.39 is 9.84 Å². The first-order valence-corrected chi connectivity index (χ1v) is 10.5. The van der Waals surface area contributed by atoms with Crippen LogP contribution in [-0.4, -0.2) is 36.9 Å². The van der Waals surface area contributed by atoms with Crippen LogP contribution < -0.4 is 11.1 Å². The van der Waals surface area contributed by atoms with Crippen molar-refractivity contribution >= 4 is 15.7 Å². The molecule has 0 unspecified atom stereocenters. The quantitative estimate of drug-likeness (QED) is 0.837. The number of hydrogen-bond donors (Lipinski definition) is 2. The molecule has 3 rings (SSSR count). The average Bonchev–Trinajstić information content (AvgIpc) is 3.38. The molecule has 1 aromatic rings. The molecule has 2 saturated carbocycles. The Morgan fingerprint density at radius 1 is 1.29 bits per heavy atom. The number of hydrogen-bond acceptors (Lipinski definition) is 5. The summed E-state index contributed by atoms with van der Waals surface area (Å²) in [6.07, 6.45) is 6.22. The first-order chi connectivity index (χ1) is 11.4. The third-order valence-electron chi connectivity index (χ3n) is 4.97. The van der Waals surface area contributed by atoms with Crippen LogP contribution in [-0.2, 0) is 16.4 Å². The molecule has 2 aliphatic carbocycles. The van der Waals surface area contributed by atoms with E-state index in [1.165, 1.54) is 6.26 Å². The molecule has 0 radical (unpaired) electrons. The Morgan fingerprint density at radius 2 is 2.04 bits per heavy atom. The van der Waals surface area contributed by atoms with Crippen molar-refractivity contribution in [2.45, 2.75) is 62.3 Å². The Morgan fingerprint density at radius 3 is 2.67 bits per heavy atom. The van der Waals surface area contributed by atoms with Crippen LogP contribution >= 0.6 is 0 Å². The topological polar surface area (TPSA) is 102 Å². The maximum absolute atomic E-state index is 12.7. The van der Waals surface area contributed by atoms with Crippen LogP contribution in [0.15, 0.2) is 12.1 Å². The van der Waals surface area contributed by atoms with Gasteiger partial charge in [-0.1, -0.05) is 6.42 Å². The van der Waals surface area contributed by atoms with Crippen LogP contribution in [0.3, 0.4) is 0 Å². The molecule has 24 heavy (non-hydrogen) atoms. The highest BCUT2D eigenvalue weighted by molar-refractivity contribution is 7.91. The van der Waals surface area contributed by atoms with Crippen LogP contribution in [0.2, 0.25) is 0 Å². The largest absolute Gasteiger partial charge is 0.349 e. The molecule has 0 spiro atoms. The van der Waals surface area contributed by atoms with Gasteiger partial charge in [-0.25, -0.2) is 8.42 Å². The Balaban J connectivity index is 1.73. The summed E-state index contributed by atoms with van der Waals surface area (Å²) < 4.78 is 23.6. The molecule has 132 valence electrons. The monoisotopic (exact) mass is 351 g/mol. The van der Waals surface area contributed by atoms with E-state index in [0.29, 0.717) is 30.9 Å². The predicted octanol–water partition coefficient (Wildman–Crippen LogP) is 1.50. The van der Waals surface area contributed by atoms with Gasteiger partial charge in [0, 0.05) is 24.8 Å². The molecule has 1 heterocycles. The summed E-state index contributed by atoms with van der Waals surface area (Å²) in [6, 6.07) is 3.50. The van der Waals surface area contributed by atoms with Crippen molar-refractivity contribution in [2.24, 2.45) is 5.73 Å². The number of carbonyl (C=O) groups is 1. The molecule has 1 amide bonds. The van der Waals surface area contributed by atoms with Crippen LogP contribution in [0.25, 0.3) is 0 Å². The summed E-state index contributed by atoms with van der Waals surface area (Å²) in [5.74, 6) is 0.208. The lowest BCUT2D eigenvalue weighted by Crippen LogP contribution is -2.42. The van der Waals surface area contributed by atoms with Crippen molar-refractivity contribution in [3.8, 4) is 0 Å². The van der Waals surface area contributed by atoms with Crippen LogP contribution in [0.5, 0.6) is 0 Å². The fraction of sp³-hybridized carbons (Fsp3) is 0.647. The zero-order chi connectivity index (χ0) is 17.3. The van der Waals surface area contributed by atoms with E-state index in [2.05, 4.69) is 10.3 Å². The third-order valence-corrected chi connectivity index (χ3v) is 6.61. The van der Waals surface area contributed by atoms with Crippen molar-refractivity contribution in [1.82, 2.24) is 10.3 Å². The Hall–Kier alpha value is -1.47. The van der Waals surface area contributed by atoms with Crippen LogP contribution in [0.1, 0.15) is 66.2 Å². The van der Waals surface area contributed by atoms with E-state index in [4.69, 9.17) is 5.73 Å². The second-order valence-corrected chi connectivity index (χ2v) is 9.33. The lowest BCUT2D eigenvalue weighted by molar-refractivity contribution is 0.0926. The van der Waals surface area contributed by atoms with Gasteiger partial charge in [-0.15, -0.1) is 0 Å². The van der Waals surface area contributed by atoms with Crippen molar-refractivity contribution in [1.29, 1.82) is 0 Å². The number of amides is 1. The summed E-state index contributed by atoms with van der Waals surface area (Å²) >= 11 is 0. The summed E-state index contributed by atoms with van der Waals surface area (Å²) in [5.41, 5.74) is 7.89. The highest BCUT2D eigenvalue weighted by atomic mass is 32.2. The zero-order valence-corrected chi connectivity index (χ0v) is 14.8. The molecule has 0 aliphatic heterocycles. The lowest BCUT2D eigenvalue weighted by atomic mass is 9.94. The summed E-state index contributed by atoms with van der Waals surface area (Å²) in [7, 11) is -3.06. The highest BCUT2D eigenvalue weighted by Gasteiger charge is 2.32. The third kappa shape index (κ3) is 3.95. The molecule has 1 aromatic heterocycles. The van der Waals surface area contributed by atoms with Crippen molar-refractivity contribution in [3.05, 3.63) is 29.1 Å². The number of aromatic nitrogens is 1. The summed E-state index contributed by atoms with van der Waals surface area (Å²) in [4.78, 5) is 17.2. The van der Waals surface area contributed by atoms with Gasteiger partial charge in [-0.05, 0) is 44.2 Å². The lowest BCUT2D eigenvalue weighted by Gasteiger charge is -2.28. The molecule has 6 nitrogen and oxygen atoms in total.